The van der Waals surface area contributed by atoms with Gasteiger partial charge in [-0.3, -0.25) is 9.78 Å². The smallest absolute Gasteiger partial charge is 0.243 e. The van der Waals surface area contributed by atoms with E-state index in [1.54, 1.807) is 4.90 Å². The molecule has 0 unspecified atom stereocenters. The van der Waals surface area contributed by atoms with E-state index in [9.17, 15) is 4.79 Å². The Bertz CT molecular complexity index is 767. The van der Waals surface area contributed by atoms with E-state index < -0.39 is 0 Å². The summed E-state index contributed by atoms with van der Waals surface area (Å²) in [7, 11) is 1.85. The number of nitrogens with zero attached hydrogens (tertiary/aromatic N) is 3. The van der Waals surface area contributed by atoms with Gasteiger partial charge in [0.15, 0.2) is 0 Å². The van der Waals surface area contributed by atoms with E-state index in [-0.39, 0.29) is 5.91 Å². The molecule has 1 aromatic heterocycles. The van der Waals surface area contributed by atoms with Crippen molar-refractivity contribution in [3.8, 4) is 0 Å². The molecule has 3 rings (SSSR count). The molecule has 23 heavy (non-hydrogen) atoms. The number of rotatable bonds is 3. The van der Waals surface area contributed by atoms with Crippen LogP contribution in [0.1, 0.15) is 43.5 Å². The van der Waals surface area contributed by atoms with Crippen molar-refractivity contribution >= 4 is 22.5 Å². The molecule has 1 aliphatic rings. The van der Waals surface area contributed by atoms with E-state index in [0.717, 1.165) is 23.3 Å². The summed E-state index contributed by atoms with van der Waals surface area (Å²) in [4.78, 5) is 20.7. The molecule has 2 aromatic rings. The number of hydrogen-bond donors (Lipinski definition) is 0. The highest BCUT2D eigenvalue weighted by molar-refractivity contribution is 5.97. The fourth-order valence-corrected chi connectivity index (χ4v) is 3.28. The Morgan fingerprint density at radius 2 is 2.00 bits per heavy atom. The number of hydrogen-bond acceptors (Lipinski definition) is 3. The van der Waals surface area contributed by atoms with Crippen LogP contribution in [-0.2, 0) is 11.2 Å². The highest BCUT2D eigenvalue weighted by Crippen LogP contribution is 2.34. The predicted molar refractivity (Wildman–Crippen MR) is 94.9 cm³/mol. The molecule has 0 saturated carbocycles. The zero-order valence-corrected chi connectivity index (χ0v) is 14.7. The minimum absolute atomic E-state index is 0.164. The van der Waals surface area contributed by atoms with Gasteiger partial charge in [0, 0.05) is 18.1 Å². The number of aromatic nitrogens is 1. The molecule has 4 heteroatoms. The molecule has 0 atom stereocenters. The summed E-state index contributed by atoms with van der Waals surface area (Å²) in [5, 5.41) is 1.22. The summed E-state index contributed by atoms with van der Waals surface area (Å²) in [5.41, 5.74) is 5.77. The molecule has 2 heterocycles. The molecule has 0 N–H and O–H groups in total. The van der Waals surface area contributed by atoms with E-state index >= 15 is 0 Å². The first-order valence-electron chi connectivity index (χ1n) is 8.33. The largest absolute Gasteiger partial charge is 0.343 e. The fourth-order valence-electron chi connectivity index (χ4n) is 3.28. The Morgan fingerprint density at radius 3 is 2.57 bits per heavy atom. The van der Waals surface area contributed by atoms with Crippen molar-refractivity contribution in [1.29, 1.82) is 0 Å². The molecular formula is C19H25N3O. The van der Waals surface area contributed by atoms with Crippen LogP contribution in [0.4, 0.5) is 5.69 Å². The predicted octanol–water partition coefficient (Wildman–Crippen LogP) is 3.46. The zero-order chi connectivity index (χ0) is 16.7. The molecule has 122 valence electrons. The maximum atomic E-state index is 12.0. The molecule has 0 bridgehead atoms. The van der Waals surface area contributed by atoms with Crippen LogP contribution in [0.15, 0.2) is 18.2 Å². The standard InChI is InChI=1S/C19H25N3O/c1-6-14-8-16-15(12(2)3)7-13(4)20-19(16)17(9-14)22-10-18(23)21(5)11-22/h7-9,12H,6,10-11H2,1-5H3. The van der Waals surface area contributed by atoms with Gasteiger partial charge in [-0.05, 0) is 48.6 Å². The van der Waals surface area contributed by atoms with E-state index in [1.807, 2.05) is 14.0 Å². The topological polar surface area (TPSA) is 36.4 Å². The first-order valence-corrected chi connectivity index (χ1v) is 8.33. The number of benzene rings is 1. The summed E-state index contributed by atoms with van der Waals surface area (Å²) >= 11 is 0. The summed E-state index contributed by atoms with van der Waals surface area (Å²) in [5.74, 6) is 0.610. The van der Waals surface area contributed by atoms with Crippen molar-refractivity contribution in [2.45, 2.75) is 40.0 Å². The maximum Gasteiger partial charge on any atom is 0.243 e. The number of aryl methyl sites for hydroxylation is 2. The van der Waals surface area contributed by atoms with E-state index in [2.05, 4.69) is 43.9 Å². The van der Waals surface area contributed by atoms with E-state index in [1.165, 1.54) is 16.5 Å². The van der Waals surface area contributed by atoms with Crippen LogP contribution in [0.3, 0.4) is 0 Å². The van der Waals surface area contributed by atoms with Gasteiger partial charge >= 0.3 is 0 Å². The fraction of sp³-hybridized carbons (Fsp3) is 0.474. The summed E-state index contributed by atoms with van der Waals surface area (Å²) < 4.78 is 0. The highest BCUT2D eigenvalue weighted by Gasteiger charge is 2.26. The van der Waals surface area contributed by atoms with Crippen molar-refractivity contribution in [2.75, 3.05) is 25.2 Å². The molecule has 1 fully saturated rings. The quantitative estimate of drug-likeness (QED) is 0.871. The number of carbonyl (C=O) groups excluding carboxylic acids is 1. The molecule has 0 spiro atoms. The van der Waals surface area contributed by atoms with Crippen molar-refractivity contribution < 1.29 is 4.79 Å². The van der Waals surface area contributed by atoms with Crippen molar-refractivity contribution in [2.24, 2.45) is 0 Å². The van der Waals surface area contributed by atoms with Gasteiger partial charge in [0.25, 0.3) is 0 Å². The second kappa shape index (κ2) is 5.84. The maximum absolute atomic E-state index is 12.0. The van der Waals surface area contributed by atoms with Crippen molar-refractivity contribution in [1.82, 2.24) is 9.88 Å². The van der Waals surface area contributed by atoms with Crippen LogP contribution in [-0.4, -0.2) is 36.1 Å². The Kier molecular flexibility index (Phi) is 4.00. The second-order valence-electron chi connectivity index (χ2n) is 6.80. The average Bonchev–Trinajstić information content (AvgIpc) is 2.84. The van der Waals surface area contributed by atoms with Gasteiger partial charge in [-0.25, -0.2) is 0 Å². The number of fused-ring (bicyclic) bond motifs is 1. The second-order valence-corrected chi connectivity index (χ2v) is 6.80. The highest BCUT2D eigenvalue weighted by atomic mass is 16.2. The first-order chi connectivity index (χ1) is 10.9. The van der Waals surface area contributed by atoms with Crippen molar-refractivity contribution in [3.05, 3.63) is 35.0 Å². The molecular weight excluding hydrogens is 286 g/mol. The lowest BCUT2D eigenvalue weighted by atomic mass is 9.95. The van der Waals surface area contributed by atoms with Crippen LogP contribution in [0.25, 0.3) is 10.9 Å². The summed E-state index contributed by atoms with van der Waals surface area (Å²) in [6.45, 7) is 9.73. The number of carbonyl (C=O) groups is 1. The summed E-state index contributed by atoms with van der Waals surface area (Å²) in [6, 6.07) is 6.66. The van der Waals surface area contributed by atoms with Crippen LogP contribution in [0.5, 0.6) is 0 Å². The normalized spacial score (nSPS) is 15.3. The van der Waals surface area contributed by atoms with Crippen LogP contribution in [0.2, 0.25) is 0 Å². The molecule has 4 nitrogen and oxygen atoms in total. The zero-order valence-electron chi connectivity index (χ0n) is 14.7. The summed E-state index contributed by atoms with van der Waals surface area (Å²) in [6.07, 6.45) is 0.978. The number of anilines is 1. The van der Waals surface area contributed by atoms with Gasteiger partial charge in [0.2, 0.25) is 5.91 Å². The van der Waals surface area contributed by atoms with Gasteiger partial charge in [-0.2, -0.15) is 0 Å². The van der Waals surface area contributed by atoms with Gasteiger partial charge in [0.05, 0.1) is 24.4 Å². The SMILES string of the molecule is CCc1cc(N2CC(=O)N(C)C2)c2nc(C)cc(C(C)C)c2c1. The third kappa shape index (κ3) is 2.78. The van der Waals surface area contributed by atoms with Gasteiger partial charge in [-0.1, -0.05) is 20.8 Å². The van der Waals surface area contributed by atoms with Gasteiger partial charge in [0.1, 0.15) is 0 Å². The number of likely N-dealkylation sites (N-methyl/N-ethyl adjacent to an activating group) is 1. The lowest BCUT2D eigenvalue weighted by molar-refractivity contribution is -0.125. The van der Waals surface area contributed by atoms with E-state index in [0.29, 0.717) is 19.1 Å². The Morgan fingerprint density at radius 1 is 1.26 bits per heavy atom. The monoisotopic (exact) mass is 311 g/mol. The third-order valence-electron chi connectivity index (χ3n) is 4.62. The third-order valence-corrected chi connectivity index (χ3v) is 4.62. The number of pyridine rings is 1. The average molecular weight is 311 g/mol. The van der Waals surface area contributed by atoms with Crippen LogP contribution < -0.4 is 4.90 Å². The molecule has 1 amide bonds. The van der Waals surface area contributed by atoms with Gasteiger partial charge in [-0.15, -0.1) is 0 Å². The minimum Gasteiger partial charge on any atom is -0.343 e. The van der Waals surface area contributed by atoms with E-state index in [4.69, 9.17) is 4.98 Å². The minimum atomic E-state index is 0.164. The molecule has 1 aliphatic heterocycles. The van der Waals surface area contributed by atoms with Crippen LogP contribution >= 0.6 is 0 Å². The molecule has 0 radical (unpaired) electrons. The Labute approximate surface area is 138 Å². The Hall–Kier alpha value is -2.10. The molecule has 0 aliphatic carbocycles. The molecule has 1 aromatic carbocycles. The number of amides is 1. The Balaban J connectivity index is 2.26. The lowest BCUT2D eigenvalue weighted by Crippen LogP contribution is -2.23. The van der Waals surface area contributed by atoms with Crippen LogP contribution in [0, 0.1) is 6.92 Å². The molecule has 1 saturated heterocycles. The lowest BCUT2D eigenvalue weighted by Gasteiger charge is -2.22. The van der Waals surface area contributed by atoms with Gasteiger partial charge < -0.3 is 9.80 Å². The first kappa shape index (κ1) is 15.8. The van der Waals surface area contributed by atoms with Crippen molar-refractivity contribution in [3.63, 3.8) is 0 Å².